The number of aromatic nitrogens is 1. The topological polar surface area (TPSA) is 90.5 Å². The summed E-state index contributed by atoms with van der Waals surface area (Å²) in [4.78, 5) is 13.8. The van der Waals surface area contributed by atoms with Gasteiger partial charge in [0.05, 0.1) is 16.7 Å². The normalized spacial score (nSPS) is 20.4. The molecule has 1 aromatic heterocycles. The van der Waals surface area contributed by atoms with Crippen LogP contribution < -0.4 is 11.5 Å². The van der Waals surface area contributed by atoms with E-state index < -0.39 is 24.1 Å². The predicted molar refractivity (Wildman–Crippen MR) is 89.9 cm³/mol. The van der Waals surface area contributed by atoms with Crippen LogP contribution >= 0.6 is 0 Å². The Morgan fingerprint density at radius 3 is 2.52 bits per heavy atom. The molecule has 6 nitrogen and oxygen atoms in total. The molecule has 0 radical (unpaired) electrons. The lowest BCUT2D eigenvalue weighted by molar-refractivity contribution is 0.00578. The second-order valence-electron chi connectivity index (χ2n) is 6.78. The number of nitrogens with two attached hydrogens (primary N) is 1. The lowest BCUT2D eigenvalue weighted by atomic mass is 9.77. The van der Waals surface area contributed by atoms with Crippen molar-refractivity contribution in [3.05, 3.63) is 39.8 Å². The van der Waals surface area contributed by atoms with Crippen LogP contribution in [0.3, 0.4) is 0 Å². The molecule has 2 aromatic rings. The van der Waals surface area contributed by atoms with Gasteiger partial charge >= 0.3 is 12.9 Å². The van der Waals surface area contributed by atoms with Gasteiger partial charge in [-0.2, -0.15) is 0 Å². The van der Waals surface area contributed by atoms with Crippen molar-refractivity contribution in [2.24, 2.45) is 5.73 Å². The Morgan fingerprint density at radius 2 is 1.91 bits per heavy atom. The molecule has 0 aliphatic carbocycles. The summed E-state index contributed by atoms with van der Waals surface area (Å²) < 4.78 is 17.1. The molecule has 1 saturated heterocycles. The van der Waals surface area contributed by atoms with Gasteiger partial charge in [0, 0.05) is 6.54 Å². The van der Waals surface area contributed by atoms with E-state index in [0.29, 0.717) is 17.6 Å². The van der Waals surface area contributed by atoms with Crippen molar-refractivity contribution < 1.29 is 13.7 Å². The van der Waals surface area contributed by atoms with Crippen molar-refractivity contribution in [3.8, 4) is 0 Å². The fraction of sp³-hybridized carbons (Fsp3) is 0.438. The molecule has 7 heteroatoms. The van der Waals surface area contributed by atoms with E-state index in [4.69, 9.17) is 19.5 Å². The molecule has 0 unspecified atom stereocenters. The van der Waals surface area contributed by atoms with Crippen LogP contribution in [0.5, 0.6) is 0 Å². The summed E-state index contributed by atoms with van der Waals surface area (Å²) in [6.45, 7) is 8.32. The number of rotatable bonds is 3. The van der Waals surface area contributed by atoms with E-state index in [2.05, 4.69) is 4.98 Å². The number of H-pyrrole nitrogens is 1. The third-order valence-electron chi connectivity index (χ3n) is 4.59. The van der Waals surface area contributed by atoms with Crippen molar-refractivity contribution in [2.45, 2.75) is 38.9 Å². The summed E-state index contributed by atoms with van der Waals surface area (Å²) in [6, 6.07) is 5.47. The third-order valence-corrected chi connectivity index (χ3v) is 4.59. The molecule has 1 aromatic carbocycles. The van der Waals surface area contributed by atoms with E-state index in [-0.39, 0.29) is 0 Å². The first-order valence-corrected chi connectivity index (χ1v) is 7.61. The monoisotopic (exact) mass is 316 g/mol. The highest BCUT2D eigenvalue weighted by Gasteiger charge is 2.52. The minimum Gasteiger partial charge on any atom is -0.408 e. The number of aromatic amines is 1. The Bertz CT molecular complexity index is 803. The first kappa shape index (κ1) is 16.0. The van der Waals surface area contributed by atoms with Crippen LogP contribution in [0.15, 0.2) is 32.9 Å². The summed E-state index contributed by atoms with van der Waals surface area (Å²) in [5.41, 5.74) is 7.94. The maximum absolute atomic E-state index is 11.2. The number of oxazole rings is 1. The van der Waals surface area contributed by atoms with Crippen LogP contribution in [0, 0.1) is 0 Å². The van der Waals surface area contributed by atoms with Crippen molar-refractivity contribution >= 4 is 24.3 Å². The second-order valence-corrected chi connectivity index (χ2v) is 6.78. The molecule has 0 saturated carbocycles. The molecule has 1 fully saturated rings. The molecule has 0 spiro atoms. The fourth-order valence-electron chi connectivity index (χ4n) is 2.48. The van der Waals surface area contributed by atoms with Crippen LogP contribution in [0.2, 0.25) is 0 Å². The lowest BCUT2D eigenvalue weighted by Gasteiger charge is -2.32. The summed E-state index contributed by atoms with van der Waals surface area (Å²) in [6.07, 6.45) is 1.91. The Morgan fingerprint density at radius 1 is 1.26 bits per heavy atom. The highest BCUT2D eigenvalue weighted by Crippen LogP contribution is 2.38. The zero-order chi connectivity index (χ0) is 16.8. The summed E-state index contributed by atoms with van der Waals surface area (Å²) >= 11 is 0. The fourth-order valence-corrected chi connectivity index (χ4v) is 2.48. The van der Waals surface area contributed by atoms with Gasteiger partial charge in [0.15, 0.2) is 5.58 Å². The first-order chi connectivity index (χ1) is 10.7. The Hall–Kier alpha value is -1.83. The van der Waals surface area contributed by atoms with E-state index in [1.54, 1.807) is 12.1 Å². The van der Waals surface area contributed by atoms with Crippen LogP contribution in [0.4, 0.5) is 0 Å². The van der Waals surface area contributed by atoms with E-state index in [0.717, 1.165) is 11.0 Å². The molecule has 0 amide bonds. The minimum atomic E-state index is -0.487. The van der Waals surface area contributed by atoms with Crippen LogP contribution in [0.25, 0.3) is 17.2 Å². The van der Waals surface area contributed by atoms with Gasteiger partial charge in [0.25, 0.3) is 0 Å². The Balaban J connectivity index is 1.93. The van der Waals surface area contributed by atoms with Gasteiger partial charge in [-0.3, -0.25) is 4.98 Å². The first-order valence-electron chi connectivity index (χ1n) is 7.61. The van der Waals surface area contributed by atoms with Gasteiger partial charge in [-0.1, -0.05) is 12.1 Å². The van der Waals surface area contributed by atoms with Gasteiger partial charge < -0.3 is 19.5 Å². The second kappa shape index (κ2) is 5.37. The molecular formula is C16H21BN2O4. The van der Waals surface area contributed by atoms with Crippen molar-refractivity contribution in [1.82, 2.24) is 4.98 Å². The van der Waals surface area contributed by atoms with Gasteiger partial charge in [0.2, 0.25) is 0 Å². The van der Waals surface area contributed by atoms with Crippen LogP contribution in [-0.4, -0.2) is 29.8 Å². The van der Waals surface area contributed by atoms with Crippen molar-refractivity contribution in [1.29, 1.82) is 0 Å². The molecule has 3 rings (SSSR count). The average molecular weight is 316 g/mol. The number of fused-ring (bicyclic) bond motifs is 1. The third kappa shape index (κ3) is 2.87. The molecule has 2 heterocycles. The van der Waals surface area contributed by atoms with Crippen LogP contribution in [0.1, 0.15) is 33.3 Å². The van der Waals surface area contributed by atoms with E-state index in [1.807, 2.05) is 39.8 Å². The standard InChI is InChI=1S/C16H21BN2O4/c1-15(2)16(3,4)23-17(22-15)11(9-18)7-10-5-6-12-13(8-10)21-14(20)19-12/h5-8H,9,18H2,1-4H3,(H,19,20). The number of nitrogens with one attached hydrogen (secondary N) is 1. The number of benzene rings is 1. The zero-order valence-corrected chi connectivity index (χ0v) is 13.8. The summed E-state index contributed by atoms with van der Waals surface area (Å²) in [5, 5.41) is 0. The van der Waals surface area contributed by atoms with Crippen molar-refractivity contribution in [3.63, 3.8) is 0 Å². The van der Waals surface area contributed by atoms with E-state index >= 15 is 0 Å². The zero-order valence-electron chi connectivity index (χ0n) is 13.8. The molecule has 1 aliphatic heterocycles. The molecule has 122 valence electrons. The Kier molecular flexibility index (Phi) is 3.75. The molecule has 0 bridgehead atoms. The average Bonchev–Trinajstić information content (AvgIpc) is 2.91. The van der Waals surface area contributed by atoms with Gasteiger partial charge in [-0.25, -0.2) is 4.79 Å². The van der Waals surface area contributed by atoms with Gasteiger partial charge in [-0.15, -0.1) is 0 Å². The lowest BCUT2D eigenvalue weighted by Crippen LogP contribution is -2.41. The van der Waals surface area contributed by atoms with Crippen LogP contribution in [-0.2, 0) is 9.31 Å². The maximum Gasteiger partial charge on any atom is 0.491 e. The summed E-state index contributed by atoms with van der Waals surface area (Å²) in [5.74, 6) is -0.467. The molecule has 1 aliphatic rings. The predicted octanol–water partition coefficient (Wildman–Crippen LogP) is 2.09. The highest BCUT2D eigenvalue weighted by atomic mass is 16.7. The number of hydrogen-bond donors (Lipinski definition) is 2. The highest BCUT2D eigenvalue weighted by molar-refractivity contribution is 6.55. The van der Waals surface area contributed by atoms with Gasteiger partial charge in [-0.05, 0) is 50.9 Å². The van der Waals surface area contributed by atoms with E-state index in [9.17, 15) is 4.79 Å². The van der Waals surface area contributed by atoms with Crippen molar-refractivity contribution in [2.75, 3.05) is 6.54 Å². The smallest absolute Gasteiger partial charge is 0.408 e. The maximum atomic E-state index is 11.2. The molecule has 3 N–H and O–H groups in total. The molecule has 0 atom stereocenters. The molecular weight excluding hydrogens is 295 g/mol. The Labute approximate surface area is 134 Å². The SMILES string of the molecule is CC1(C)OB(C(=Cc2ccc3[nH]c(=O)oc3c2)CN)OC1(C)C. The minimum absolute atomic E-state index is 0.311. The summed E-state index contributed by atoms with van der Waals surface area (Å²) in [7, 11) is -0.487. The molecule has 23 heavy (non-hydrogen) atoms. The largest absolute Gasteiger partial charge is 0.491 e. The van der Waals surface area contributed by atoms with Gasteiger partial charge in [0.1, 0.15) is 0 Å². The number of hydrogen-bond acceptors (Lipinski definition) is 5. The quantitative estimate of drug-likeness (QED) is 0.846. The van der Waals surface area contributed by atoms with E-state index in [1.165, 1.54) is 0 Å².